The molecular weight excluding hydrogens is 365 g/mol. The SMILES string of the molecule is CC1CC(C(=O)O)CN(S(=O)(=O)c2cc(Br)ccc2F)C1. The zero-order valence-electron chi connectivity index (χ0n) is 11.3. The van der Waals surface area contributed by atoms with Crippen LogP contribution in [-0.4, -0.2) is 36.9 Å². The molecule has 0 radical (unpaired) electrons. The number of aliphatic carboxylic acids is 1. The van der Waals surface area contributed by atoms with Gasteiger partial charge in [-0.15, -0.1) is 0 Å². The van der Waals surface area contributed by atoms with E-state index in [2.05, 4.69) is 15.9 Å². The topological polar surface area (TPSA) is 74.7 Å². The molecule has 2 unspecified atom stereocenters. The molecule has 5 nitrogen and oxygen atoms in total. The van der Waals surface area contributed by atoms with Crippen LogP contribution in [0.15, 0.2) is 27.6 Å². The predicted molar refractivity (Wildman–Crippen MR) is 77.8 cm³/mol. The largest absolute Gasteiger partial charge is 0.481 e. The van der Waals surface area contributed by atoms with Crippen molar-refractivity contribution < 1.29 is 22.7 Å². The van der Waals surface area contributed by atoms with Crippen LogP contribution in [0.25, 0.3) is 0 Å². The molecule has 2 atom stereocenters. The molecule has 1 fully saturated rings. The second kappa shape index (κ2) is 6.02. The number of carbonyl (C=O) groups is 1. The number of nitrogens with zero attached hydrogens (tertiary/aromatic N) is 1. The molecule has 1 aromatic rings. The van der Waals surface area contributed by atoms with E-state index in [-0.39, 0.29) is 19.0 Å². The smallest absolute Gasteiger partial charge is 0.307 e. The number of halogens is 2. The van der Waals surface area contributed by atoms with Crippen LogP contribution in [0.4, 0.5) is 4.39 Å². The maximum Gasteiger partial charge on any atom is 0.307 e. The van der Waals surface area contributed by atoms with Crippen LogP contribution in [0.5, 0.6) is 0 Å². The first-order valence-electron chi connectivity index (χ1n) is 6.40. The van der Waals surface area contributed by atoms with Crippen molar-refractivity contribution in [3.8, 4) is 0 Å². The molecule has 0 bridgehead atoms. The van der Waals surface area contributed by atoms with Gasteiger partial charge in [0.2, 0.25) is 10.0 Å². The van der Waals surface area contributed by atoms with Gasteiger partial charge in [0, 0.05) is 17.6 Å². The van der Waals surface area contributed by atoms with Crippen LogP contribution < -0.4 is 0 Å². The molecule has 1 heterocycles. The molecule has 0 aromatic heterocycles. The summed E-state index contributed by atoms with van der Waals surface area (Å²) in [4.78, 5) is 10.7. The summed E-state index contributed by atoms with van der Waals surface area (Å²) in [6, 6.07) is 3.67. The summed E-state index contributed by atoms with van der Waals surface area (Å²) in [5, 5.41) is 9.11. The molecule has 1 N–H and O–H groups in total. The van der Waals surface area contributed by atoms with E-state index >= 15 is 0 Å². The van der Waals surface area contributed by atoms with E-state index in [0.29, 0.717) is 10.9 Å². The Balaban J connectivity index is 2.38. The van der Waals surface area contributed by atoms with E-state index in [1.165, 1.54) is 12.1 Å². The molecule has 21 heavy (non-hydrogen) atoms. The normalized spacial score (nSPS) is 24.0. The monoisotopic (exact) mass is 379 g/mol. The van der Waals surface area contributed by atoms with E-state index < -0.39 is 32.6 Å². The Morgan fingerprint density at radius 3 is 2.71 bits per heavy atom. The summed E-state index contributed by atoms with van der Waals surface area (Å²) in [7, 11) is -4.05. The summed E-state index contributed by atoms with van der Waals surface area (Å²) in [5.74, 6) is -2.73. The number of hydrogen-bond acceptors (Lipinski definition) is 3. The Hall–Kier alpha value is -0.990. The molecule has 0 saturated carbocycles. The summed E-state index contributed by atoms with van der Waals surface area (Å²) < 4.78 is 40.4. The van der Waals surface area contributed by atoms with Crippen molar-refractivity contribution in [2.24, 2.45) is 11.8 Å². The Bertz CT molecular complexity index is 664. The average Bonchev–Trinajstić information content (AvgIpc) is 2.40. The highest BCUT2D eigenvalue weighted by Crippen LogP contribution is 2.29. The van der Waals surface area contributed by atoms with Crippen molar-refractivity contribution in [3.63, 3.8) is 0 Å². The highest BCUT2D eigenvalue weighted by molar-refractivity contribution is 9.10. The van der Waals surface area contributed by atoms with Gasteiger partial charge in [0.1, 0.15) is 10.7 Å². The second-order valence-corrected chi connectivity index (χ2v) is 8.09. The fourth-order valence-electron chi connectivity index (χ4n) is 2.49. The number of sulfonamides is 1. The van der Waals surface area contributed by atoms with E-state index in [4.69, 9.17) is 5.11 Å². The van der Waals surface area contributed by atoms with Crippen LogP contribution in [0.3, 0.4) is 0 Å². The number of benzene rings is 1. The van der Waals surface area contributed by atoms with Gasteiger partial charge in [-0.05, 0) is 30.5 Å². The van der Waals surface area contributed by atoms with Crippen LogP contribution in [0, 0.1) is 17.7 Å². The number of carboxylic acid groups (broad SMARTS) is 1. The standard InChI is InChI=1S/C13H15BrFNO4S/c1-8-4-9(13(17)18)7-16(6-8)21(19,20)12-5-10(14)2-3-11(12)15/h2-3,5,8-9H,4,6-7H2,1H3,(H,17,18). The third-order valence-corrected chi connectivity index (χ3v) is 5.83. The summed E-state index contributed by atoms with van der Waals surface area (Å²) in [6.07, 6.45) is 0.419. The van der Waals surface area contributed by atoms with Crippen molar-refractivity contribution >= 4 is 31.9 Å². The molecule has 0 amide bonds. The van der Waals surface area contributed by atoms with Crippen molar-refractivity contribution in [2.45, 2.75) is 18.2 Å². The van der Waals surface area contributed by atoms with E-state index in [1.54, 1.807) is 6.92 Å². The van der Waals surface area contributed by atoms with Crippen LogP contribution >= 0.6 is 15.9 Å². The van der Waals surface area contributed by atoms with Gasteiger partial charge in [-0.3, -0.25) is 4.79 Å². The van der Waals surface area contributed by atoms with Gasteiger partial charge in [0.25, 0.3) is 0 Å². The first kappa shape index (κ1) is 16.4. The maximum atomic E-state index is 13.8. The van der Waals surface area contributed by atoms with Gasteiger partial charge in [-0.1, -0.05) is 22.9 Å². The van der Waals surface area contributed by atoms with E-state index in [9.17, 15) is 17.6 Å². The minimum atomic E-state index is -4.05. The average molecular weight is 380 g/mol. The second-order valence-electron chi connectivity index (χ2n) is 5.27. The fourth-order valence-corrected chi connectivity index (χ4v) is 4.70. The lowest BCUT2D eigenvalue weighted by Gasteiger charge is -2.33. The molecular formula is C13H15BrFNO4S. The van der Waals surface area contributed by atoms with Crippen molar-refractivity contribution in [1.29, 1.82) is 0 Å². The molecule has 0 spiro atoms. The number of carboxylic acids is 1. The number of rotatable bonds is 3. The van der Waals surface area contributed by atoms with Crippen molar-refractivity contribution in [2.75, 3.05) is 13.1 Å². The number of piperidine rings is 1. The third-order valence-electron chi connectivity index (χ3n) is 3.49. The molecule has 116 valence electrons. The molecule has 1 saturated heterocycles. The van der Waals surface area contributed by atoms with Gasteiger partial charge in [0.15, 0.2) is 0 Å². The first-order chi connectivity index (χ1) is 9.71. The number of hydrogen-bond donors (Lipinski definition) is 1. The molecule has 1 aliphatic rings. The van der Waals surface area contributed by atoms with Crippen LogP contribution in [0.1, 0.15) is 13.3 Å². The Labute approximate surface area is 130 Å². The Kier molecular flexibility index (Phi) is 4.69. The zero-order valence-corrected chi connectivity index (χ0v) is 13.7. The van der Waals surface area contributed by atoms with Gasteiger partial charge in [-0.2, -0.15) is 4.31 Å². The third kappa shape index (κ3) is 3.44. The molecule has 0 aliphatic carbocycles. The van der Waals surface area contributed by atoms with Gasteiger partial charge < -0.3 is 5.11 Å². The lowest BCUT2D eigenvalue weighted by Crippen LogP contribution is -2.45. The summed E-state index contributed by atoms with van der Waals surface area (Å²) in [6.45, 7) is 1.85. The van der Waals surface area contributed by atoms with E-state index in [1.807, 2.05) is 0 Å². The zero-order chi connectivity index (χ0) is 15.8. The quantitative estimate of drug-likeness (QED) is 0.874. The molecule has 1 aliphatic heterocycles. The van der Waals surface area contributed by atoms with Gasteiger partial charge in [-0.25, -0.2) is 12.8 Å². The summed E-state index contributed by atoms with van der Waals surface area (Å²) in [5.41, 5.74) is 0. The highest BCUT2D eigenvalue weighted by atomic mass is 79.9. The van der Waals surface area contributed by atoms with Crippen molar-refractivity contribution in [1.82, 2.24) is 4.31 Å². The van der Waals surface area contributed by atoms with Crippen LogP contribution in [-0.2, 0) is 14.8 Å². The first-order valence-corrected chi connectivity index (χ1v) is 8.63. The Morgan fingerprint density at radius 2 is 2.10 bits per heavy atom. The highest BCUT2D eigenvalue weighted by Gasteiger charge is 2.37. The van der Waals surface area contributed by atoms with Gasteiger partial charge >= 0.3 is 5.97 Å². The molecule has 1 aromatic carbocycles. The lowest BCUT2D eigenvalue weighted by atomic mass is 9.92. The lowest BCUT2D eigenvalue weighted by molar-refractivity contribution is -0.143. The minimum absolute atomic E-state index is 0.0927. The van der Waals surface area contributed by atoms with Crippen molar-refractivity contribution in [3.05, 3.63) is 28.5 Å². The van der Waals surface area contributed by atoms with Crippen LogP contribution in [0.2, 0.25) is 0 Å². The predicted octanol–water partition coefficient (Wildman–Crippen LogP) is 2.32. The van der Waals surface area contributed by atoms with Gasteiger partial charge in [0.05, 0.1) is 5.92 Å². The minimum Gasteiger partial charge on any atom is -0.481 e. The molecule has 2 rings (SSSR count). The maximum absolute atomic E-state index is 13.8. The van der Waals surface area contributed by atoms with E-state index in [0.717, 1.165) is 10.4 Å². The molecule has 8 heteroatoms. The summed E-state index contributed by atoms with van der Waals surface area (Å²) >= 11 is 3.12. The Morgan fingerprint density at radius 1 is 1.43 bits per heavy atom. The fraction of sp³-hybridized carbons (Fsp3) is 0.462.